The quantitative estimate of drug-likeness (QED) is 0.664. The number of aryl methyl sites for hydroxylation is 1. The van der Waals surface area contributed by atoms with Crippen LogP contribution in [0.4, 0.5) is 11.6 Å². The van der Waals surface area contributed by atoms with E-state index in [0.717, 1.165) is 31.1 Å². The lowest BCUT2D eigenvalue weighted by Crippen LogP contribution is -2.49. The third kappa shape index (κ3) is 4.11. The summed E-state index contributed by atoms with van der Waals surface area (Å²) in [5.74, 6) is 1.51. The summed E-state index contributed by atoms with van der Waals surface area (Å²) < 4.78 is 7.25. The third-order valence-electron chi connectivity index (χ3n) is 4.64. The molecule has 10 heteroatoms. The Morgan fingerprint density at radius 1 is 1.31 bits per heavy atom. The number of fused-ring (bicyclic) bond motifs is 1. The zero-order valence-electron chi connectivity index (χ0n) is 16.7. The van der Waals surface area contributed by atoms with E-state index in [4.69, 9.17) is 4.74 Å². The van der Waals surface area contributed by atoms with Gasteiger partial charge in [0, 0.05) is 38.1 Å². The fourth-order valence-electron chi connectivity index (χ4n) is 3.31. The van der Waals surface area contributed by atoms with Crippen LogP contribution in [0.5, 0.6) is 5.88 Å². The second kappa shape index (κ2) is 8.00. The smallest absolute Gasteiger partial charge is 0.263 e. The van der Waals surface area contributed by atoms with Crippen LogP contribution in [-0.2, 0) is 0 Å². The Labute approximate surface area is 168 Å². The third-order valence-corrected chi connectivity index (χ3v) is 4.64. The minimum atomic E-state index is -0.368. The van der Waals surface area contributed by atoms with Crippen LogP contribution >= 0.6 is 0 Å². The van der Waals surface area contributed by atoms with Gasteiger partial charge < -0.3 is 20.3 Å². The first kappa shape index (κ1) is 19.1. The number of imidazole rings is 1. The highest BCUT2D eigenvalue weighted by Crippen LogP contribution is 2.20. The summed E-state index contributed by atoms with van der Waals surface area (Å²) in [6, 6.07) is 4.02. The maximum atomic E-state index is 12.8. The summed E-state index contributed by atoms with van der Waals surface area (Å²) in [4.78, 5) is 23.7. The van der Waals surface area contributed by atoms with Crippen molar-refractivity contribution in [2.45, 2.75) is 26.8 Å². The van der Waals surface area contributed by atoms with E-state index in [-0.39, 0.29) is 11.8 Å². The lowest BCUT2D eigenvalue weighted by Gasteiger charge is -2.32. The molecular weight excluding hydrogens is 372 g/mol. The van der Waals surface area contributed by atoms with Crippen LogP contribution in [0.25, 0.3) is 5.78 Å². The van der Waals surface area contributed by atoms with Gasteiger partial charge in [0.15, 0.2) is 11.6 Å². The maximum absolute atomic E-state index is 12.8. The lowest BCUT2D eigenvalue weighted by atomic mass is 10.2. The second-order valence-electron chi connectivity index (χ2n) is 7.01. The second-order valence-corrected chi connectivity index (χ2v) is 7.01. The van der Waals surface area contributed by atoms with Crippen LogP contribution in [-0.4, -0.2) is 62.8 Å². The summed E-state index contributed by atoms with van der Waals surface area (Å²) in [6.45, 7) is 8.88. The van der Waals surface area contributed by atoms with E-state index in [0.29, 0.717) is 29.8 Å². The van der Waals surface area contributed by atoms with Crippen molar-refractivity contribution in [1.82, 2.24) is 29.9 Å². The number of rotatable bonds is 5. The molecule has 10 nitrogen and oxygen atoms in total. The molecule has 3 aromatic heterocycles. The van der Waals surface area contributed by atoms with Gasteiger partial charge in [-0.3, -0.25) is 9.20 Å². The van der Waals surface area contributed by atoms with Gasteiger partial charge in [0.2, 0.25) is 11.7 Å². The van der Waals surface area contributed by atoms with Crippen LogP contribution in [0.1, 0.15) is 29.9 Å². The predicted octanol–water partition coefficient (Wildman–Crippen LogP) is 1.28. The SMILES string of the molecule is CCOc1nc2nc(C)cn2cc1C(=O)Nc1ccc(N2CCN[C@@H](C)C2)nn1. The van der Waals surface area contributed by atoms with Gasteiger partial charge in [0.25, 0.3) is 5.91 Å². The number of carbonyl (C=O) groups excluding carboxylic acids is 1. The van der Waals surface area contributed by atoms with Crippen LogP contribution in [0.15, 0.2) is 24.5 Å². The monoisotopic (exact) mass is 396 g/mol. The zero-order valence-corrected chi connectivity index (χ0v) is 16.7. The number of amides is 1. The van der Waals surface area contributed by atoms with E-state index in [2.05, 4.69) is 42.6 Å². The molecule has 4 rings (SSSR count). The molecule has 0 spiro atoms. The van der Waals surface area contributed by atoms with E-state index in [1.165, 1.54) is 0 Å². The van der Waals surface area contributed by atoms with Gasteiger partial charge >= 0.3 is 0 Å². The Hall–Kier alpha value is -3.27. The minimum Gasteiger partial charge on any atom is -0.477 e. The Morgan fingerprint density at radius 3 is 2.90 bits per heavy atom. The molecular formula is C19H24N8O2. The molecule has 2 N–H and O–H groups in total. The van der Waals surface area contributed by atoms with Crippen LogP contribution in [0.2, 0.25) is 0 Å². The van der Waals surface area contributed by atoms with E-state index < -0.39 is 0 Å². The lowest BCUT2D eigenvalue weighted by molar-refractivity contribution is 0.102. The molecule has 152 valence electrons. The number of ether oxygens (including phenoxy) is 1. The molecule has 1 atom stereocenters. The molecule has 0 saturated carbocycles. The zero-order chi connectivity index (χ0) is 20.4. The van der Waals surface area contributed by atoms with Crippen molar-refractivity contribution in [2.75, 3.05) is 36.5 Å². The van der Waals surface area contributed by atoms with E-state index in [1.807, 2.05) is 19.9 Å². The number of anilines is 2. The largest absolute Gasteiger partial charge is 0.477 e. The first-order valence-electron chi connectivity index (χ1n) is 9.66. The standard InChI is InChI=1S/C19H24N8O2/c1-4-29-18-14(11-27-10-13(3)21-19(27)23-18)17(28)22-15-5-6-16(25-24-15)26-8-7-20-12(2)9-26/h5-6,10-12,20H,4,7-9H2,1-3H3,(H,22,24,28)/t12-/m0/s1. The van der Waals surface area contributed by atoms with Crippen molar-refractivity contribution >= 4 is 23.3 Å². The van der Waals surface area contributed by atoms with Gasteiger partial charge in [-0.15, -0.1) is 10.2 Å². The fourth-order valence-corrected chi connectivity index (χ4v) is 3.31. The number of hydrogen-bond donors (Lipinski definition) is 2. The highest BCUT2D eigenvalue weighted by Gasteiger charge is 2.19. The number of piperazine rings is 1. The number of nitrogens with one attached hydrogen (secondary N) is 2. The summed E-state index contributed by atoms with van der Waals surface area (Å²) in [7, 11) is 0. The van der Waals surface area contributed by atoms with E-state index in [9.17, 15) is 4.79 Å². The molecule has 4 heterocycles. The Kier molecular flexibility index (Phi) is 5.26. The first-order valence-corrected chi connectivity index (χ1v) is 9.66. The van der Waals surface area contributed by atoms with Gasteiger partial charge in [-0.25, -0.2) is 4.98 Å². The Balaban J connectivity index is 1.53. The summed E-state index contributed by atoms with van der Waals surface area (Å²) in [6.07, 6.45) is 3.46. The highest BCUT2D eigenvalue weighted by molar-refractivity contribution is 6.05. The summed E-state index contributed by atoms with van der Waals surface area (Å²) in [5.41, 5.74) is 1.11. The number of nitrogens with zero attached hydrogens (tertiary/aromatic N) is 6. The average Bonchev–Trinajstić information content (AvgIpc) is 3.07. The van der Waals surface area contributed by atoms with Crippen molar-refractivity contribution in [3.05, 3.63) is 35.8 Å². The van der Waals surface area contributed by atoms with Crippen LogP contribution < -0.4 is 20.3 Å². The molecule has 1 aliphatic rings. The van der Waals surface area contributed by atoms with Gasteiger partial charge in [-0.05, 0) is 32.9 Å². The Bertz CT molecular complexity index is 1020. The molecule has 1 aliphatic heterocycles. The van der Waals surface area contributed by atoms with Gasteiger partial charge in [0.1, 0.15) is 5.56 Å². The summed E-state index contributed by atoms with van der Waals surface area (Å²) in [5, 5.41) is 14.6. The fraction of sp³-hybridized carbons (Fsp3) is 0.421. The van der Waals surface area contributed by atoms with Crippen molar-refractivity contribution in [1.29, 1.82) is 0 Å². The predicted molar refractivity (Wildman–Crippen MR) is 109 cm³/mol. The molecule has 0 radical (unpaired) electrons. The topological polar surface area (TPSA) is 110 Å². The van der Waals surface area contributed by atoms with E-state index in [1.54, 1.807) is 22.9 Å². The molecule has 0 aliphatic carbocycles. The van der Waals surface area contributed by atoms with Crippen molar-refractivity contribution in [3.63, 3.8) is 0 Å². The first-order chi connectivity index (χ1) is 14.0. The minimum absolute atomic E-state index is 0.238. The average molecular weight is 396 g/mol. The molecule has 29 heavy (non-hydrogen) atoms. The van der Waals surface area contributed by atoms with Crippen molar-refractivity contribution in [2.24, 2.45) is 0 Å². The van der Waals surface area contributed by atoms with E-state index >= 15 is 0 Å². The molecule has 0 aromatic carbocycles. The molecule has 1 amide bonds. The molecule has 0 unspecified atom stereocenters. The number of aromatic nitrogens is 5. The van der Waals surface area contributed by atoms with Crippen molar-refractivity contribution in [3.8, 4) is 5.88 Å². The molecule has 0 bridgehead atoms. The molecule has 1 saturated heterocycles. The molecule has 3 aromatic rings. The number of hydrogen-bond acceptors (Lipinski definition) is 8. The summed E-state index contributed by atoms with van der Waals surface area (Å²) >= 11 is 0. The maximum Gasteiger partial charge on any atom is 0.263 e. The van der Waals surface area contributed by atoms with Crippen LogP contribution in [0, 0.1) is 6.92 Å². The highest BCUT2D eigenvalue weighted by atomic mass is 16.5. The molecule has 1 fully saturated rings. The van der Waals surface area contributed by atoms with Gasteiger partial charge in [-0.1, -0.05) is 0 Å². The Morgan fingerprint density at radius 2 is 2.17 bits per heavy atom. The van der Waals surface area contributed by atoms with Crippen LogP contribution in [0.3, 0.4) is 0 Å². The van der Waals surface area contributed by atoms with Gasteiger partial charge in [0.05, 0.1) is 12.3 Å². The van der Waals surface area contributed by atoms with Crippen molar-refractivity contribution < 1.29 is 9.53 Å². The normalized spacial score (nSPS) is 16.8. The van der Waals surface area contributed by atoms with Gasteiger partial charge in [-0.2, -0.15) is 4.98 Å². The number of carbonyl (C=O) groups is 1.